The molecule has 4 aromatic rings. The molecule has 33 heavy (non-hydrogen) atoms. The van der Waals surface area contributed by atoms with Gasteiger partial charge in [0.2, 0.25) is 15.9 Å². The zero-order chi connectivity index (χ0) is 23.6. The van der Waals surface area contributed by atoms with Crippen LogP contribution in [-0.4, -0.2) is 23.6 Å². The Hall–Kier alpha value is -3.97. The van der Waals surface area contributed by atoms with Gasteiger partial charge in [-0.2, -0.15) is 13.2 Å². The highest BCUT2D eigenvalue weighted by Gasteiger charge is 2.30. The molecule has 2 aromatic heterocycles. The zero-order valence-corrected chi connectivity index (χ0v) is 17.3. The molecule has 0 unspecified atom stereocenters. The lowest BCUT2D eigenvalue weighted by Crippen LogP contribution is -2.13. The maximum atomic E-state index is 12.9. The van der Waals surface area contributed by atoms with Crippen LogP contribution in [0.2, 0.25) is 0 Å². The predicted octanol–water partition coefficient (Wildman–Crippen LogP) is 4.33. The first-order chi connectivity index (χ1) is 15.6. The minimum absolute atomic E-state index is 0.00520. The summed E-state index contributed by atoms with van der Waals surface area (Å²) in [7, 11) is -4.03. The van der Waals surface area contributed by atoms with Crippen LogP contribution in [0.1, 0.15) is 5.56 Å². The molecule has 0 atom stereocenters. The van der Waals surface area contributed by atoms with Crippen molar-refractivity contribution < 1.29 is 30.7 Å². The molecule has 0 aliphatic rings. The van der Waals surface area contributed by atoms with Crippen LogP contribution < -0.4 is 15.2 Å². The molecule has 13 heteroatoms. The van der Waals surface area contributed by atoms with Crippen molar-refractivity contribution in [1.29, 1.82) is 0 Å². The second-order valence-corrected chi connectivity index (χ2v) is 8.14. The van der Waals surface area contributed by atoms with Gasteiger partial charge in [-0.15, -0.1) is 5.10 Å². The predicted molar refractivity (Wildman–Crippen MR) is 110 cm³/mol. The molecule has 170 valence electrons. The number of pyridine rings is 1. The van der Waals surface area contributed by atoms with Gasteiger partial charge >= 0.3 is 12.2 Å². The summed E-state index contributed by atoms with van der Waals surface area (Å²) in [5.74, 6) is 0.410. The maximum Gasteiger partial charge on any atom is 0.416 e. The van der Waals surface area contributed by atoms with E-state index < -0.39 is 21.8 Å². The van der Waals surface area contributed by atoms with Crippen molar-refractivity contribution in [2.75, 3.05) is 5.32 Å². The molecule has 0 bridgehead atoms. The number of alkyl halides is 3. The fraction of sp³-hybridized carbons (Fsp3) is 0.0500. The Labute approximate surface area is 185 Å². The number of nitrogens with two attached hydrogens (primary N) is 1. The van der Waals surface area contributed by atoms with Crippen LogP contribution in [-0.2, 0) is 16.2 Å². The van der Waals surface area contributed by atoms with Crippen molar-refractivity contribution in [2.24, 2.45) is 5.14 Å². The van der Waals surface area contributed by atoms with Crippen molar-refractivity contribution in [3.05, 3.63) is 72.6 Å². The highest BCUT2D eigenvalue weighted by atomic mass is 32.2. The van der Waals surface area contributed by atoms with Gasteiger partial charge in [-0.3, -0.25) is 4.98 Å². The summed E-state index contributed by atoms with van der Waals surface area (Å²) in [4.78, 5) is 3.46. The first-order valence-corrected chi connectivity index (χ1v) is 10.7. The van der Waals surface area contributed by atoms with Crippen molar-refractivity contribution in [3.8, 4) is 23.0 Å². The van der Waals surface area contributed by atoms with Crippen LogP contribution in [0.4, 0.5) is 24.9 Å². The van der Waals surface area contributed by atoms with Gasteiger partial charge in [0.15, 0.2) is 5.75 Å². The van der Waals surface area contributed by atoms with Gasteiger partial charge in [0.1, 0.15) is 10.6 Å². The fourth-order valence-electron chi connectivity index (χ4n) is 2.74. The minimum atomic E-state index is -4.48. The Balaban J connectivity index is 1.49. The molecule has 0 aliphatic heterocycles. The summed E-state index contributed by atoms with van der Waals surface area (Å²) in [5, 5.41) is 15.4. The van der Waals surface area contributed by atoms with Gasteiger partial charge < -0.3 is 14.5 Å². The van der Waals surface area contributed by atoms with Crippen molar-refractivity contribution in [3.63, 3.8) is 0 Å². The molecule has 2 aromatic carbocycles. The average molecular weight is 477 g/mol. The highest BCUT2D eigenvalue weighted by molar-refractivity contribution is 7.89. The molecule has 9 nitrogen and oxygen atoms in total. The van der Waals surface area contributed by atoms with E-state index in [1.807, 2.05) is 0 Å². The molecule has 0 aliphatic carbocycles. The molecule has 2 heterocycles. The number of halogens is 3. The molecular formula is C20H14F3N5O4S. The van der Waals surface area contributed by atoms with Gasteiger partial charge in [-0.25, -0.2) is 13.6 Å². The zero-order valence-electron chi connectivity index (χ0n) is 16.4. The van der Waals surface area contributed by atoms with E-state index in [2.05, 4.69) is 20.5 Å². The number of primary sulfonamides is 1. The molecule has 0 amide bonds. The number of rotatable bonds is 6. The van der Waals surface area contributed by atoms with Crippen LogP contribution in [0, 0.1) is 0 Å². The Bertz CT molecular complexity index is 1390. The van der Waals surface area contributed by atoms with Crippen LogP contribution in [0.15, 0.2) is 76.3 Å². The number of sulfonamides is 1. The quantitative estimate of drug-likeness (QED) is 0.419. The molecular weight excluding hydrogens is 463 g/mol. The van der Waals surface area contributed by atoms with Gasteiger partial charge in [-0.05, 0) is 42.5 Å². The molecule has 0 saturated heterocycles. The summed E-state index contributed by atoms with van der Waals surface area (Å²) in [6, 6.07) is 12.0. The van der Waals surface area contributed by atoms with E-state index in [1.165, 1.54) is 36.5 Å². The largest absolute Gasteiger partial charge is 0.456 e. The van der Waals surface area contributed by atoms with Crippen molar-refractivity contribution >= 4 is 21.7 Å². The summed E-state index contributed by atoms with van der Waals surface area (Å²) >= 11 is 0. The summed E-state index contributed by atoms with van der Waals surface area (Å²) < 4.78 is 72.9. The monoisotopic (exact) mass is 477 g/mol. The molecule has 0 spiro atoms. The van der Waals surface area contributed by atoms with E-state index >= 15 is 0 Å². The Morgan fingerprint density at radius 1 is 1.03 bits per heavy atom. The second-order valence-electron chi connectivity index (χ2n) is 6.61. The average Bonchev–Trinajstić information content (AvgIpc) is 3.22. The number of hydrogen-bond acceptors (Lipinski definition) is 8. The molecule has 0 saturated carbocycles. The highest BCUT2D eigenvalue weighted by Crippen LogP contribution is 2.32. The number of aromatic nitrogens is 3. The Morgan fingerprint density at radius 3 is 2.48 bits per heavy atom. The van der Waals surface area contributed by atoms with Crippen LogP contribution in [0.3, 0.4) is 0 Å². The fourth-order valence-corrected chi connectivity index (χ4v) is 3.34. The van der Waals surface area contributed by atoms with Gasteiger partial charge in [0.25, 0.3) is 0 Å². The van der Waals surface area contributed by atoms with E-state index in [-0.39, 0.29) is 28.2 Å². The third kappa shape index (κ3) is 5.27. The van der Waals surface area contributed by atoms with E-state index in [0.717, 1.165) is 18.3 Å². The van der Waals surface area contributed by atoms with Gasteiger partial charge in [-0.1, -0.05) is 11.2 Å². The van der Waals surface area contributed by atoms with Crippen molar-refractivity contribution in [2.45, 2.75) is 11.1 Å². The van der Waals surface area contributed by atoms with Gasteiger partial charge in [0.05, 0.1) is 11.8 Å². The molecule has 3 N–H and O–H groups in total. The lowest BCUT2D eigenvalue weighted by atomic mass is 10.2. The van der Waals surface area contributed by atoms with E-state index in [9.17, 15) is 21.6 Å². The second kappa shape index (κ2) is 8.52. The third-order valence-corrected chi connectivity index (χ3v) is 5.17. The number of nitrogens with zero attached hydrogens (tertiary/aromatic N) is 3. The lowest BCUT2D eigenvalue weighted by molar-refractivity contribution is -0.137. The lowest BCUT2D eigenvalue weighted by Gasteiger charge is -2.09. The summed E-state index contributed by atoms with van der Waals surface area (Å²) in [6.07, 6.45) is -2.04. The number of benzene rings is 2. The summed E-state index contributed by atoms with van der Waals surface area (Å²) in [6.45, 7) is 0. The number of hydrogen-bond donors (Lipinski definition) is 2. The van der Waals surface area contributed by atoms with Crippen LogP contribution in [0.5, 0.6) is 11.5 Å². The molecule has 0 radical (unpaired) electrons. The maximum absolute atomic E-state index is 12.9. The number of nitrogens with one attached hydrogen (secondary N) is 1. The van der Waals surface area contributed by atoms with Crippen LogP contribution in [0.25, 0.3) is 11.5 Å². The SMILES string of the molecule is NS(=O)(=O)c1cnccc1Oc1ccc(-c2nnc(Nc3cccc(C(F)(F)F)c3)o2)cc1. The third-order valence-electron chi connectivity index (χ3n) is 4.25. The van der Waals surface area contributed by atoms with Gasteiger partial charge in [0, 0.05) is 23.5 Å². The van der Waals surface area contributed by atoms with Crippen molar-refractivity contribution in [1.82, 2.24) is 15.2 Å². The smallest absolute Gasteiger partial charge is 0.416 e. The number of anilines is 2. The summed E-state index contributed by atoms with van der Waals surface area (Å²) in [5.41, 5.74) is -0.192. The van der Waals surface area contributed by atoms with E-state index in [0.29, 0.717) is 11.3 Å². The Kier molecular flexibility index (Phi) is 5.74. The standard InChI is InChI=1S/C20H14F3N5O4S/c21-20(22,23)13-2-1-3-14(10-13)26-19-28-27-18(32-19)12-4-6-15(7-5-12)31-16-8-9-25-11-17(16)33(24,29)30/h1-11H,(H,26,28)(H2,24,29,30). The first-order valence-electron chi connectivity index (χ1n) is 9.12. The van der Waals surface area contributed by atoms with E-state index in [4.69, 9.17) is 14.3 Å². The number of ether oxygens (including phenoxy) is 1. The van der Waals surface area contributed by atoms with Crippen LogP contribution >= 0.6 is 0 Å². The normalized spacial score (nSPS) is 11.9. The topological polar surface area (TPSA) is 133 Å². The minimum Gasteiger partial charge on any atom is -0.456 e. The molecule has 0 fully saturated rings. The molecule has 4 rings (SSSR count). The first kappa shape index (κ1) is 22.2. The Morgan fingerprint density at radius 2 is 1.79 bits per heavy atom. The van der Waals surface area contributed by atoms with E-state index in [1.54, 1.807) is 12.1 Å².